The van der Waals surface area contributed by atoms with Crippen LogP contribution < -0.4 is 5.32 Å². The van der Waals surface area contributed by atoms with Crippen LogP contribution in [0.15, 0.2) is 18.2 Å². The van der Waals surface area contributed by atoms with E-state index in [0.29, 0.717) is 16.1 Å². The monoisotopic (exact) mass is 222 g/mol. The Bertz CT molecular complexity index is 421. The summed E-state index contributed by atoms with van der Waals surface area (Å²) in [5.41, 5.74) is 0.838. The van der Waals surface area contributed by atoms with Gasteiger partial charge in [-0.1, -0.05) is 11.6 Å². The highest BCUT2D eigenvalue weighted by Gasteiger charge is 2.11. The molecule has 0 spiro atoms. The van der Waals surface area contributed by atoms with Gasteiger partial charge < -0.3 is 5.32 Å². The number of nitrogens with zero attached hydrogens (tertiary/aromatic N) is 1. The van der Waals surface area contributed by atoms with Crippen LogP contribution in [0.3, 0.4) is 0 Å². The first kappa shape index (κ1) is 11.5. The van der Waals surface area contributed by atoms with E-state index in [2.05, 4.69) is 5.32 Å². The summed E-state index contributed by atoms with van der Waals surface area (Å²) in [7, 11) is 0. The van der Waals surface area contributed by atoms with E-state index < -0.39 is 0 Å². The molecule has 3 nitrogen and oxygen atoms in total. The van der Waals surface area contributed by atoms with Crippen LogP contribution in [-0.2, 0) is 0 Å². The second kappa shape index (κ2) is 4.81. The van der Waals surface area contributed by atoms with Crippen molar-refractivity contribution in [2.24, 2.45) is 0 Å². The number of rotatable bonds is 2. The minimum absolute atomic E-state index is 0.0595. The van der Waals surface area contributed by atoms with E-state index in [0.717, 1.165) is 0 Å². The Morgan fingerprint density at radius 1 is 1.53 bits per heavy atom. The van der Waals surface area contributed by atoms with Crippen LogP contribution in [0.4, 0.5) is 0 Å². The molecule has 4 heteroatoms. The van der Waals surface area contributed by atoms with Crippen molar-refractivity contribution in [3.05, 3.63) is 34.3 Å². The van der Waals surface area contributed by atoms with Crippen molar-refractivity contribution >= 4 is 17.5 Å². The smallest absolute Gasteiger partial charge is 0.252 e. The summed E-state index contributed by atoms with van der Waals surface area (Å²) in [4.78, 5) is 11.6. The maximum Gasteiger partial charge on any atom is 0.252 e. The van der Waals surface area contributed by atoms with E-state index in [1.165, 1.54) is 6.07 Å². The van der Waals surface area contributed by atoms with Crippen molar-refractivity contribution in [3.8, 4) is 6.07 Å². The lowest BCUT2D eigenvalue weighted by Gasteiger charge is -2.09. The van der Waals surface area contributed by atoms with Gasteiger partial charge in [-0.2, -0.15) is 5.26 Å². The Morgan fingerprint density at radius 2 is 2.20 bits per heavy atom. The van der Waals surface area contributed by atoms with Gasteiger partial charge in [0.05, 0.1) is 22.2 Å². The molecule has 1 amide bonds. The minimum atomic E-state index is -0.223. The summed E-state index contributed by atoms with van der Waals surface area (Å²) >= 11 is 5.87. The van der Waals surface area contributed by atoms with Gasteiger partial charge in [-0.25, -0.2) is 0 Å². The van der Waals surface area contributed by atoms with Crippen molar-refractivity contribution < 1.29 is 4.79 Å². The maximum atomic E-state index is 11.6. The molecule has 0 aliphatic heterocycles. The summed E-state index contributed by atoms with van der Waals surface area (Å²) in [5, 5.41) is 11.7. The number of nitriles is 1. The van der Waals surface area contributed by atoms with Gasteiger partial charge in [0, 0.05) is 6.04 Å². The SMILES string of the molecule is CC(C)NC(=O)c1ccc(C#N)cc1Cl. The minimum Gasteiger partial charge on any atom is -0.350 e. The van der Waals surface area contributed by atoms with Gasteiger partial charge in [0.15, 0.2) is 0 Å². The molecule has 1 rings (SSSR count). The molecule has 0 atom stereocenters. The van der Waals surface area contributed by atoms with Crippen molar-refractivity contribution in [2.45, 2.75) is 19.9 Å². The van der Waals surface area contributed by atoms with Gasteiger partial charge >= 0.3 is 0 Å². The van der Waals surface area contributed by atoms with E-state index >= 15 is 0 Å². The van der Waals surface area contributed by atoms with Gasteiger partial charge in [0.25, 0.3) is 5.91 Å². The van der Waals surface area contributed by atoms with E-state index in [1.54, 1.807) is 12.1 Å². The summed E-state index contributed by atoms with van der Waals surface area (Å²) in [6, 6.07) is 6.63. The molecule has 78 valence electrons. The van der Waals surface area contributed by atoms with Crippen LogP contribution in [0.1, 0.15) is 29.8 Å². The number of carbonyl (C=O) groups excluding carboxylic acids is 1. The normalized spacial score (nSPS) is 9.80. The van der Waals surface area contributed by atoms with Crippen molar-refractivity contribution in [3.63, 3.8) is 0 Å². The van der Waals surface area contributed by atoms with Gasteiger partial charge in [-0.3, -0.25) is 4.79 Å². The predicted molar refractivity (Wildman–Crippen MR) is 58.8 cm³/mol. The fraction of sp³-hybridized carbons (Fsp3) is 0.273. The summed E-state index contributed by atoms with van der Waals surface area (Å²) in [6.07, 6.45) is 0. The molecule has 0 aliphatic rings. The summed E-state index contributed by atoms with van der Waals surface area (Å²) < 4.78 is 0. The van der Waals surface area contributed by atoms with E-state index in [1.807, 2.05) is 19.9 Å². The second-order valence-corrected chi connectivity index (χ2v) is 3.84. The third-order valence-corrected chi connectivity index (χ3v) is 2.08. The Hall–Kier alpha value is -1.53. The zero-order chi connectivity index (χ0) is 11.4. The van der Waals surface area contributed by atoms with Crippen LogP contribution in [-0.4, -0.2) is 11.9 Å². The van der Waals surface area contributed by atoms with Gasteiger partial charge in [0.2, 0.25) is 0 Å². The number of carbonyl (C=O) groups is 1. The lowest BCUT2D eigenvalue weighted by atomic mass is 10.1. The molecule has 1 N–H and O–H groups in total. The Labute approximate surface area is 93.7 Å². The molecule has 1 aromatic rings. The molecule has 0 unspecified atom stereocenters. The van der Waals surface area contributed by atoms with Crippen LogP contribution in [0.25, 0.3) is 0 Å². The lowest BCUT2D eigenvalue weighted by Crippen LogP contribution is -2.30. The molecule has 0 aliphatic carbocycles. The van der Waals surface area contributed by atoms with Gasteiger partial charge in [-0.05, 0) is 32.0 Å². The molecule has 0 saturated heterocycles. The standard InChI is InChI=1S/C11H11ClN2O/c1-7(2)14-11(15)9-4-3-8(6-13)5-10(9)12/h3-5,7H,1-2H3,(H,14,15). The summed E-state index contributed by atoms with van der Waals surface area (Å²) in [5.74, 6) is -0.223. The molecule has 0 aromatic heterocycles. The molecular formula is C11H11ClN2O. The Balaban J connectivity index is 2.97. The lowest BCUT2D eigenvalue weighted by molar-refractivity contribution is 0.0943. The van der Waals surface area contributed by atoms with Crippen molar-refractivity contribution in [1.82, 2.24) is 5.32 Å². The summed E-state index contributed by atoms with van der Waals surface area (Å²) in [6.45, 7) is 3.74. The highest BCUT2D eigenvalue weighted by molar-refractivity contribution is 6.33. The fourth-order valence-corrected chi connectivity index (χ4v) is 1.38. The molecule has 0 fully saturated rings. The highest BCUT2D eigenvalue weighted by Crippen LogP contribution is 2.17. The van der Waals surface area contributed by atoms with Crippen LogP contribution in [0, 0.1) is 11.3 Å². The maximum absolute atomic E-state index is 11.6. The molecule has 1 aromatic carbocycles. The zero-order valence-electron chi connectivity index (χ0n) is 8.54. The van der Waals surface area contributed by atoms with E-state index in [4.69, 9.17) is 16.9 Å². The number of nitrogens with one attached hydrogen (secondary N) is 1. The Morgan fingerprint density at radius 3 is 2.67 bits per heavy atom. The van der Waals surface area contributed by atoms with Crippen molar-refractivity contribution in [2.75, 3.05) is 0 Å². The quantitative estimate of drug-likeness (QED) is 0.835. The molecule has 0 radical (unpaired) electrons. The fourth-order valence-electron chi connectivity index (χ4n) is 1.11. The topological polar surface area (TPSA) is 52.9 Å². The molecule has 15 heavy (non-hydrogen) atoms. The second-order valence-electron chi connectivity index (χ2n) is 3.43. The number of hydrogen-bond donors (Lipinski definition) is 1. The van der Waals surface area contributed by atoms with Crippen molar-refractivity contribution in [1.29, 1.82) is 5.26 Å². The highest BCUT2D eigenvalue weighted by atomic mass is 35.5. The first-order chi connectivity index (χ1) is 7.04. The molecule has 0 heterocycles. The average Bonchev–Trinajstić information content (AvgIpc) is 2.16. The number of halogens is 1. The van der Waals surface area contributed by atoms with Crippen LogP contribution >= 0.6 is 11.6 Å². The number of benzene rings is 1. The number of hydrogen-bond acceptors (Lipinski definition) is 2. The third-order valence-electron chi connectivity index (χ3n) is 1.76. The molecule has 0 bridgehead atoms. The van der Waals surface area contributed by atoms with E-state index in [9.17, 15) is 4.79 Å². The van der Waals surface area contributed by atoms with Gasteiger partial charge in [0.1, 0.15) is 0 Å². The Kier molecular flexibility index (Phi) is 3.70. The average molecular weight is 223 g/mol. The van der Waals surface area contributed by atoms with Crippen LogP contribution in [0.5, 0.6) is 0 Å². The zero-order valence-corrected chi connectivity index (χ0v) is 9.30. The van der Waals surface area contributed by atoms with E-state index in [-0.39, 0.29) is 11.9 Å². The third kappa shape index (κ3) is 2.97. The molecule has 0 saturated carbocycles. The number of amides is 1. The van der Waals surface area contributed by atoms with Crippen LogP contribution in [0.2, 0.25) is 5.02 Å². The first-order valence-corrected chi connectivity index (χ1v) is 4.93. The largest absolute Gasteiger partial charge is 0.350 e. The van der Waals surface area contributed by atoms with Gasteiger partial charge in [-0.15, -0.1) is 0 Å². The predicted octanol–water partition coefficient (Wildman–Crippen LogP) is 2.35. The molecular weight excluding hydrogens is 212 g/mol. The first-order valence-electron chi connectivity index (χ1n) is 4.55.